The molecule has 138 valence electrons. The first-order valence-electron chi connectivity index (χ1n) is 7.51. The molecule has 0 saturated carbocycles. The van der Waals surface area contributed by atoms with Gasteiger partial charge in [-0.3, -0.25) is 14.5 Å². The molecule has 2 rings (SSSR count). The molecule has 0 aromatic heterocycles. The van der Waals surface area contributed by atoms with Crippen molar-refractivity contribution < 1.29 is 28.7 Å². The van der Waals surface area contributed by atoms with Crippen LogP contribution in [0.15, 0.2) is 24.3 Å². The van der Waals surface area contributed by atoms with E-state index in [1.807, 2.05) is 0 Å². The zero-order valence-corrected chi connectivity index (χ0v) is 15.5. The molecule has 1 aromatic rings. The van der Waals surface area contributed by atoms with Gasteiger partial charge < -0.3 is 14.8 Å². The lowest BCUT2D eigenvalue weighted by atomic mass is 10.1. The molecule has 0 unspecified atom stereocenters. The van der Waals surface area contributed by atoms with Crippen LogP contribution in [0.25, 0.3) is 0 Å². The summed E-state index contributed by atoms with van der Waals surface area (Å²) < 4.78 is 9.96. The van der Waals surface area contributed by atoms with Gasteiger partial charge in [-0.15, -0.1) is 0 Å². The quantitative estimate of drug-likeness (QED) is 0.528. The van der Waals surface area contributed by atoms with Gasteiger partial charge in [0.15, 0.2) is 6.61 Å². The van der Waals surface area contributed by atoms with Gasteiger partial charge in [-0.2, -0.15) is 0 Å². The number of thiocarbonyl (C=S) groups is 1. The Kier molecular flexibility index (Phi) is 7.10. The van der Waals surface area contributed by atoms with Crippen LogP contribution < -0.4 is 5.32 Å². The lowest BCUT2D eigenvalue weighted by Crippen LogP contribution is -2.38. The van der Waals surface area contributed by atoms with Crippen molar-refractivity contribution in [2.24, 2.45) is 0 Å². The average Bonchev–Trinajstić information content (AvgIpc) is 2.97. The van der Waals surface area contributed by atoms with Gasteiger partial charge in [0.25, 0.3) is 5.91 Å². The van der Waals surface area contributed by atoms with Crippen molar-refractivity contribution in [2.75, 3.05) is 32.6 Å². The van der Waals surface area contributed by atoms with E-state index in [2.05, 4.69) is 10.1 Å². The Bertz CT molecular complexity index is 719. The minimum absolute atomic E-state index is 0.0870. The third kappa shape index (κ3) is 5.27. The van der Waals surface area contributed by atoms with E-state index >= 15 is 0 Å². The molecule has 1 aromatic carbocycles. The van der Waals surface area contributed by atoms with Gasteiger partial charge in [-0.05, 0) is 24.3 Å². The van der Waals surface area contributed by atoms with Crippen LogP contribution in [0.3, 0.4) is 0 Å². The van der Waals surface area contributed by atoms with Crippen LogP contribution in [0, 0.1) is 0 Å². The SMILES string of the molecule is COC(=O)c1ccc(C(=O)OCC(=O)NCCN2C(=O)CSC2=S)cc1. The number of carbonyl (C=O) groups is 4. The van der Waals surface area contributed by atoms with Crippen molar-refractivity contribution >= 4 is 52.1 Å². The molecular formula is C16H16N2O6S2. The molecule has 1 fully saturated rings. The zero-order valence-electron chi connectivity index (χ0n) is 13.9. The summed E-state index contributed by atoms with van der Waals surface area (Å²) >= 11 is 6.31. The molecule has 0 bridgehead atoms. The fraction of sp³-hybridized carbons (Fsp3) is 0.312. The minimum Gasteiger partial charge on any atom is -0.465 e. The van der Waals surface area contributed by atoms with Crippen molar-refractivity contribution in [2.45, 2.75) is 0 Å². The molecule has 1 N–H and O–H groups in total. The van der Waals surface area contributed by atoms with E-state index in [1.54, 1.807) is 0 Å². The third-order valence-electron chi connectivity index (χ3n) is 3.37. The summed E-state index contributed by atoms with van der Waals surface area (Å²) in [6.45, 7) is 0.0285. The highest BCUT2D eigenvalue weighted by atomic mass is 32.2. The molecule has 10 heteroatoms. The number of nitrogens with one attached hydrogen (secondary N) is 1. The van der Waals surface area contributed by atoms with Crippen LogP contribution in [0.4, 0.5) is 0 Å². The monoisotopic (exact) mass is 396 g/mol. The predicted octanol–water partition coefficient (Wildman–Crippen LogP) is 0.606. The Morgan fingerprint density at radius 2 is 1.81 bits per heavy atom. The maximum Gasteiger partial charge on any atom is 0.338 e. The van der Waals surface area contributed by atoms with E-state index < -0.39 is 24.5 Å². The second kappa shape index (κ2) is 9.30. The number of nitrogens with zero attached hydrogens (tertiary/aromatic N) is 1. The highest BCUT2D eigenvalue weighted by molar-refractivity contribution is 8.23. The van der Waals surface area contributed by atoms with Crippen molar-refractivity contribution in [3.05, 3.63) is 35.4 Å². The smallest absolute Gasteiger partial charge is 0.338 e. The second-order valence-corrected chi connectivity index (χ2v) is 6.70. The maximum absolute atomic E-state index is 11.9. The van der Waals surface area contributed by atoms with E-state index in [0.717, 1.165) is 0 Å². The van der Waals surface area contributed by atoms with Gasteiger partial charge in [0, 0.05) is 13.1 Å². The second-order valence-electron chi connectivity index (χ2n) is 5.09. The maximum atomic E-state index is 11.9. The van der Waals surface area contributed by atoms with Crippen LogP contribution in [0.1, 0.15) is 20.7 Å². The largest absolute Gasteiger partial charge is 0.465 e. The molecule has 1 aliphatic rings. The standard InChI is InChI=1S/C16H16N2O6S2/c1-23-14(21)10-2-4-11(5-3-10)15(22)24-8-12(19)17-6-7-18-13(20)9-26-16(18)25/h2-5H,6-9H2,1H3,(H,17,19). The summed E-state index contributed by atoms with van der Waals surface area (Å²) in [5.74, 6) is -1.47. The summed E-state index contributed by atoms with van der Waals surface area (Å²) in [5.41, 5.74) is 0.504. The minimum atomic E-state index is -0.691. The van der Waals surface area contributed by atoms with Gasteiger partial charge in [0.05, 0.1) is 24.0 Å². The molecule has 0 radical (unpaired) electrons. The van der Waals surface area contributed by atoms with E-state index in [1.165, 1.54) is 48.0 Å². The van der Waals surface area contributed by atoms with E-state index in [9.17, 15) is 19.2 Å². The molecule has 1 heterocycles. The number of methoxy groups -OCH3 is 1. The molecule has 0 atom stereocenters. The van der Waals surface area contributed by atoms with Crippen LogP contribution in [0.2, 0.25) is 0 Å². The average molecular weight is 396 g/mol. The van der Waals surface area contributed by atoms with Gasteiger partial charge >= 0.3 is 11.9 Å². The zero-order chi connectivity index (χ0) is 19.1. The fourth-order valence-electron chi connectivity index (χ4n) is 2.03. The van der Waals surface area contributed by atoms with Crippen molar-refractivity contribution in [3.63, 3.8) is 0 Å². The van der Waals surface area contributed by atoms with E-state index in [0.29, 0.717) is 15.6 Å². The van der Waals surface area contributed by atoms with Gasteiger partial charge in [0.2, 0.25) is 5.91 Å². The lowest BCUT2D eigenvalue weighted by Gasteiger charge is -2.15. The summed E-state index contributed by atoms with van der Waals surface area (Å²) in [5, 5.41) is 2.55. The first-order chi connectivity index (χ1) is 12.4. The van der Waals surface area contributed by atoms with E-state index in [4.69, 9.17) is 17.0 Å². The molecule has 1 saturated heterocycles. The first kappa shape index (κ1) is 19.9. The van der Waals surface area contributed by atoms with Gasteiger partial charge in [0.1, 0.15) is 4.32 Å². The number of hydrogen-bond acceptors (Lipinski definition) is 8. The summed E-state index contributed by atoms with van der Waals surface area (Å²) in [6.07, 6.45) is 0. The predicted molar refractivity (Wildman–Crippen MR) is 97.8 cm³/mol. The number of rotatable bonds is 7. The van der Waals surface area contributed by atoms with Gasteiger partial charge in [-0.1, -0.05) is 24.0 Å². The Morgan fingerprint density at radius 3 is 2.35 bits per heavy atom. The molecular weight excluding hydrogens is 380 g/mol. The Balaban J connectivity index is 1.73. The highest BCUT2D eigenvalue weighted by Gasteiger charge is 2.25. The molecule has 8 nitrogen and oxygen atoms in total. The number of hydrogen-bond donors (Lipinski definition) is 1. The Hall–Kier alpha value is -2.46. The lowest BCUT2D eigenvalue weighted by molar-refractivity contribution is -0.126. The van der Waals surface area contributed by atoms with Crippen molar-refractivity contribution in [1.29, 1.82) is 0 Å². The first-order valence-corrected chi connectivity index (χ1v) is 8.91. The highest BCUT2D eigenvalue weighted by Crippen LogP contribution is 2.18. The molecule has 0 aliphatic carbocycles. The van der Waals surface area contributed by atoms with Crippen molar-refractivity contribution in [3.8, 4) is 0 Å². The third-order valence-corrected chi connectivity index (χ3v) is 4.81. The number of benzene rings is 1. The van der Waals surface area contributed by atoms with Crippen molar-refractivity contribution in [1.82, 2.24) is 10.2 Å². The summed E-state index contributed by atoms with van der Waals surface area (Å²) in [4.78, 5) is 47.9. The van der Waals surface area contributed by atoms with Crippen LogP contribution in [-0.4, -0.2) is 65.5 Å². The number of amides is 2. The van der Waals surface area contributed by atoms with Crippen LogP contribution in [0.5, 0.6) is 0 Å². The van der Waals surface area contributed by atoms with E-state index in [-0.39, 0.29) is 24.6 Å². The normalized spacial score (nSPS) is 13.5. The van der Waals surface area contributed by atoms with Crippen LogP contribution in [-0.2, 0) is 19.1 Å². The number of ether oxygens (including phenoxy) is 2. The number of thioether (sulfide) groups is 1. The molecule has 26 heavy (non-hydrogen) atoms. The fourth-order valence-corrected chi connectivity index (χ4v) is 3.15. The molecule has 0 spiro atoms. The molecule has 1 aliphatic heterocycles. The summed E-state index contributed by atoms with van der Waals surface area (Å²) in [6, 6.07) is 5.67. The Morgan fingerprint density at radius 1 is 1.19 bits per heavy atom. The summed E-state index contributed by atoms with van der Waals surface area (Å²) in [7, 11) is 1.26. The molecule has 2 amide bonds. The number of esters is 2. The number of carbonyl (C=O) groups excluding carboxylic acids is 4. The van der Waals surface area contributed by atoms with Gasteiger partial charge in [-0.25, -0.2) is 9.59 Å². The Labute approximate surface area is 159 Å². The topological polar surface area (TPSA) is 102 Å². The van der Waals surface area contributed by atoms with Crippen LogP contribution >= 0.6 is 24.0 Å².